The third-order valence-corrected chi connectivity index (χ3v) is 6.16. The minimum absolute atomic E-state index is 0.387. The number of esters is 1. The molecule has 0 aliphatic heterocycles. The van der Waals surface area contributed by atoms with Gasteiger partial charge in [0, 0.05) is 13.7 Å². The van der Waals surface area contributed by atoms with Crippen molar-refractivity contribution in [2.24, 2.45) is 0 Å². The number of methoxy groups -OCH3 is 1. The summed E-state index contributed by atoms with van der Waals surface area (Å²) in [7, 11) is -2.65. The Kier molecular flexibility index (Phi) is 5.41. The van der Waals surface area contributed by atoms with Crippen molar-refractivity contribution >= 4 is 60.2 Å². The van der Waals surface area contributed by atoms with E-state index in [0.717, 1.165) is 15.2 Å². The number of rotatable bonds is 4. The zero-order chi connectivity index (χ0) is 13.9. The predicted octanol–water partition coefficient (Wildman–Crippen LogP) is 2.36. The number of hydrogen-bond donors (Lipinski definition) is 1. The Morgan fingerprint density at radius 1 is 1.50 bits per heavy atom. The van der Waals surface area contributed by atoms with Gasteiger partial charge in [0.05, 0.1) is 7.11 Å². The van der Waals surface area contributed by atoms with Gasteiger partial charge in [-0.15, -0.1) is 0 Å². The Morgan fingerprint density at radius 3 is 2.61 bits per heavy atom. The standard InChI is InChI=1S/C10H11BrINO4S/c1-6(10(14)17-2)18(15,16)13-7-3-4-9(12)8(11)5-7/h3-6,13H,1-2H3. The molecule has 1 unspecified atom stereocenters. The van der Waals surface area contributed by atoms with Gasteiger partial charge in [-0.05, 0) is 63.6 Å². The van der Waals surface area contributed by atoms with Gasteiger partial charge in [0.15, 0.2) is 5.25 Å². The van der Waals surface area contributed by atoms with Crippen LogP contribution in [0.15, 0.2) is 22.7 Å². The van der Waals surface area contributed by atoms with Crippen molar-refractivity contribution in [1.29, 1.82) is 0 Å². The summed E-state index contributed by atoms with van der Waals surface area (Å²) in [6.45, 7) is 1.27. The molecule has 100 valence electrons. The molecule has 0 fully saturated rings. The Balaban J connectivity index is 2.95. The van der Waals surface area contributed by atoms with Gasteiger partial charge in [-0.3, -0.25) is 9.52 Å². The van der Waals surface area contributed by atoms with Crippen molar-refractivity contribution in [1.82, 2.24) is 0 Å². The molecule has 1 atom stereocenters. The first-order valence-electron chi connectivity index (χ1n) is 4.82. The summed E-state index contributed by atoms with van der Waals surface area (Å²) in [6.07, 6.45) is 0. The predicted molar refractivity (Wildman–Crippen MR) is 80.9 cm³/mol. The van der Waals surface area contributed by atoms with Gasteiger partial charge in [0.25, 0.3) is 0 Å². The first kappa shape index (κ1) is 15.7. The summed E-state index contributed by atoms with van der Waals surface area (Å²) in [6, 6.07) is 5.00. The van der Waals surface area contributed by atoms with E-state index < -0.39 is 21.2 Å². The number of ether oxygens (including phenoxy) is 1. The number of sulfonamides is 1. The lowest BCUT2D eigenvalue weighted by molar-refractivity contribution is -0.139. The molecular weight excluding hydrogens is 437 g/mol. The fourth-order valence-corrected chi connectivity index (χ4v) is 2.80. The van der Waals surface area contributed by atoms with E-state index >= 15 is 0 Å². The van der Waals surface area contributed by atoms with Crippen LogP contribution in [0.1, 0.15) is 6.92 Å². The van der Waals surface area contributed by atoms with E-state index in [1.165, 1.54) is 6.92 Å². The topological polar surface area (TPSA) is 72.5 Å². The first-order chi connectivity index (χ1) is 8.27. The molecule has 0 saturated carbocycles. The number of benzene rings is 1. The van der Waals surface area contributed by atoms with Crippen molar-refractivity contribution in [3.05, 3.63) is 26.2 Å². The highest BCUT2D eigenvalue weighted by Crippen LogP contribution is 2.24. The van der Waals surface area contributed by atoms with Gasteiger partial charge < -0.3 is 4.74 Å². The van der Waals surface area contributed by atoms with Crippen LogP contribution in [0.3, 0.4) is 0 Å². The smallest absolute Gasteiger partial charge is 0.325 e. The summed E-state index contributed by atoms with van der Waals surface area (Å²) in [4.78, 5) is 11.2. The van der Waals surface area contributed by atoms with E-state index in [1.807, 2.05) is 0 Å². The molecule has 5 nitrogen and oxygen atoms in total. The molecule has 1 N–H and O–H groups in total. The summed E-state index contributed by atoms with van der Waals surface area (Å²) >= 11 is 5.41. The highest BCUT2D eigenvalue weighted by atomic mass is 127. The highest BCUT2D eigenvalue weighted by molar-refractivity contribution is 14.1. The average molecular weight is 448 g/mol. The fraction of sp³-hybridized carbons (Fsp3) is 0.300. The minimum atomic E-state index is -3.80. The summed E-state index contributed by atoms with van der Waals surface area (Å²) < 4.78 is 32.2. The molecule has 0 aromatic heterocycles. The second-order valence-electron chi connectivity index (χ2n) is 3.44. The van der Waals surface area contributed by atoms with E-state index in [9.17, 15) is 13.2 Å². The second-order valence-corrected chi connectivity index (χ2v) is 7.46. The zero-order valence-corrected chi connectivity index (χ0v) is 14.2. The maximum atomic E-state index is 11.9. The van der Waals surface area contributed by atoms with Crippen LogP contribution in [0.25, 0.3) is 0 Å². The lowest BCUT2D eigenvalue weighted by Gasteiger charge is -2.13. The third-order valence-electron chi connectivity index (χ3n) is 2.18. The Morgan fingerprint density at radius 2 is 2.11 bits per heavy atom. The van der Waals surface area contributed by atoms with Gasteiger partial charge in [0.1, 0.15) is 0 Å². The molecule has 18 heavy (non-hydrogen) atoms. The van der Waals surface area contributed by atoms with Crippen molar-refractivity contribution in [2.75, 3.05) is 11.8 Å². The molecule has 1 aromatic carbocycles. The normalized spacial score (nSPS) is 12.9. The fourth-order valence-electron chi connectivity index (χ4n) is 1.10. The van der Waals surface area contributed by atoms with Crippen LogP contribution >= 0.6 is 38.5 Å². The molecule has 0 aliphatic carbocycles. The van der Waals surface area contributed by atoms with Crippen molar-refractivity contribution in [3.8, 4) is 0 Å². The van der Waals surface area contributed by atoms with Crippen LogP contribution in [0.2, 0.25) is 0 Å². The van der Waals surface area contributed by atoms with Gasteiger partial charge in [-0.2, -0.15) is 0 Å². The second kappa shape index (κ2) is 6.20. The SMILES string of the molecule is COC(=O)C(C)S(=O)(=O)Nc1ccc(I)c(Br)c1. The van der Waals surface area contributed by atoms with Crippen LogP contribution in [0.4, 0.5) is 5.69 Å². The number of carbonyl (C=O) groups excluding carboxylic acids is 1. The lowest BCUT2D eigenvalue weighted by atomic mass is 10.3. The largest absolute Gasteiger partial charge is 0.468 e. The molecule has 0 heterocycles. The number of carbonyl (C=O) groups is 1. The van der Waals surface area contributed by atoms with E-state index in [1.54, 1.807) is 18.2 Å². The van der Waals surface area contributed by atoms with Gasteiger partial charge >= 0.3 is 5.97 Å². The van der Waals surface area contributed by atoms with Crippen LogP contribution in [-0.4, -0.2) is 26.7 Å². The molecule has 1 rings (SSSR count). The number of anilines is 1. The first-order valence-corrected chi connectivity index (χ1v) is 8.24. The number of halogens is 2. The van der Waals surface area contributed by atoms with E-state index in [-0.39, 0.29) is 0 Å². The van der Waals surface area contributed by atoms with E-state index in [0.29, 0.717) is 5.69 Å². The van der Waals surface area contributed by atoms with Gasteiger partial charge in [-0.25, -0.2) is 8.42 Å². The average Bonchev–Trinajstić information content (AvgIpc) is 2.31. The van der Waals surface area contributed by atoms with Gasteiger partial charge in [-0.1, -0.05) is 0 Å². The molecule has 1 aromatic rings. The quantitative estimate of drug-likeness (QED) is 0.568. The molecule has 0 bridgehead atoms. The van der Waals surface area contributed by atoms with E-state index in [2.05, 4.69) is 48.0 Å². The van der Waals surface area contributed by atoms with Crippen LogP contribution < -0.4 is 4.72 Å². The highest BCUT2D eigenvalue weighted by Gasteiger charge is 2.28. The monoisotopic (exact) mass is 447 g/mol. The molecule has 0 amide bonds. The number of hydrogen-bond acceptors (Lipinski definition) is 4. The van der Waals surface area contributed by atoms with Crippen molar-refractivity contribution < 1.29 is 17.9 Å². The van der Waals surface area contributed by atoms with Gasteiger partial charge in [0.2, 0.25) is 10.0 Å². The Labute approximate surface area is 128 Å². The number of nitrogens with one attached hydrogen (secondary N) is 1. The van der Waals surface area contributed by atoms with Crippen LogP contribution in [0, 0.1) is 3.57 Å². The maximum absolute atomic E-state index is 11.9. The Bertz CT molecular complexity index is 561. The molecule has 0 spiro atoms. The Hall–Kier alpha value is -0.350. The molecule has 0 radical (unpaired) electrons. The zero-order valence-electron chi connectivity index (χ0n) is 9.61. The van der Waals surface area contributed by atoms with Crippen molar-refractivity contribution in [3.63, 3.8) is 0 Å². The third kappa shape index (κ3) is 3.82. The lowest BCUT2D eigenvalue weighted by Crippen LogP contribution is -2.33. The minimum Gasteiger partial charge on any atom is -0.468 e. The van der Waals surface area contributed by atoms with E-state index in [4.69, 9.17) is 0 Å². The van der Waals surface area contributed by atoms with Crippen LogP contribution in [-0.2, 0) is 19.6 Å². The molecule has 0 saturated heterocycles. The van der Waals surface area contributed by atoms with Crippen LogP contribution in [0.5, 0.6) is 0 Å². The summed E-state index contributed by atoms with van der Waals surface area (Å²) in [5.74, 6) is -0.799. The molecule has 0 aliphatic rings. The molecule has 8 heteroatoms. The molecular formula is C10H11BrINO4S. The van der Waals surface area contributed by atoms with Crippen molar-refractivity contribution in [2.45, 2.75) is 12.2 Å². The summed E-state index contributed by atoms with van der Waals surface area (Å²) in [5.41, 5.74) is 0.387. The maximum Gasteiger partial charge on any atom is 0.325 e. The summed E-state index contributed by atoms with van der Waals surface area (Å²) in [5, 5.41) is -1.26.